The van der Waals surface area contributed by atoms with E-state index in [0.717, 1.165) is 46.8 Å². The number of alkyl halides is 6. The third-order valence-electron chi connectivity index (χ3n) is 5.91. The van der Waals surface area contributed by atoms with Gasteiger partial charge in [-0.1, -0.05) is 72.7 Å². The molecule has 15 nitrogen and oxygen atoms in total. The molecule has 0 radical (unpaired) electrons. The number of ether oxygens (including phenoxy) is 1. The van der Waals surface area contributed by atoms with Crippen LogP contribution in [-0.4, -0.2) is 94.2 Å². The molecule has 0 saturated carbocycles. The summed E-state index contributed by atoms with van der Waals surface area (Å²) in [7, 11) is 5.51. The number of amides is 1. The van der Waals surface area contributed by atoms with Gasteiger partial charge in [0.1, 0.15) is 12.1 Å². The van der Waals surface area contributed by atoms with Gasteiger partial charge in [-0.25, -0.2) is 0 Å². The van der Waals surface area contributed by atoms with Crippen molar-refractivity contribution in [2.75, 3.05) is 35.5 Å². The van der Waals surface area contributed by atoms with E-state index in [1.54, 1.807) is 24.3 Å². The largest absolute Gasteiger partial charge is 0.471 e. The Balaban J connectivity index is -0.000000368. The van der Waals surface area contributed by atoms with Crippen LogP contribution in [-0.2, 0) is 48.4 Å². The molecule has 0 aliphatic carbocycles. The van der Waals surface area contributed by atoms with Gasteiger partial charge in [0.2, 0.25) is 17.6 Å². The summed E-state index contributed by atoms with van der Waals surface area (Å²) in [6.45, 7) is 3.85. The molecule has 56 heavy (non-hydrogen) atoms. The van der Waals surface area contributed by atoms with Crippen molar-refractivity contribution in [3.63, 3.8) is 0 Å². The predicted octanol–water partition coefficient (Wildman–Crippen LogP) is 5.47. The summed E-state index contributed by atoms with van der Waals surface area (Å²) >= 11 is 0. The van der Waals surface area contributed by atoms with E-state index in [9.17, 15) is 40.7 Å². The molecule has 1 unspecified atom stereocenters. The summed E-state index contributed by atoms with van der Waals surface area (Å²) in [5, 5.41) is 34.5. The van der Waals surface area contributed by atoms with Gasteiger partial charge < -0.3 is 39.9 Å². The van der Waals surface area contributed by atoms with Crippen molar-refractivity contribution >= 4 is 18.0 Å². The van der Waals surface area contributed by atoms with E-state index in [1.165, 1.54) is 31.4 Å². The summed E-state index contributed by atoms with van der Waals surface area (Å²) in [6.07, 6.45) is -6.22. The van der Waals surface area contributed by atoms with Crippen LogP contribution in [0.25, 0.3) is 22.8 Å². The van der Waals surface area contributed by atoms with E-state index in [0.29, 0.717) is 35.8 Å². The number of hydrogen-bond acceptors (Lipinski definition) is 14. The van der Waals surface area contributed by atoms with Gasteiger partial charge in [0.25, 0.3) is 0 Å². The van der Waals surface area contributed by atoms with Crippen molar-refractivity contribution in [3.8, 4) is 22.8 Å². The molecule has 1 atom stereocenters. The molecule has 314 valence electrons. The second kappa shape index (κ2) is 32.8. The Kier molecular flexibility index (Phi) is 34.2. The number of rotatable bonds is 11. The molecule has 6 N–H and O–H groups in total. The number of hydrogen-bond donors (Lipinski definition) is 5. The van der Waals surface area contributed by atoms with Crippen LogP contribution in [0, 0.1) is 0 Å². The van der Waals surface area contributed by atoms with Crippen LogP contribution >= 0.6 is 0 Å². The number of Topliss-reactive ketones (excluding diaryl/α,β-unsaturated/α-hetero) is 1. The normalized spacial score (nSPS) is 10.4. The zero-order chi connectivity index (χ0) is 43.2. The first-order valence-electron chi connectivity index (χ1n) is 15.7. The fourth-order valence-electron chi connectivity index (χ4n) is 3.64. The van der Waals surface area contributed by atoms with Gasteiger partial charge in [-0.3, -0.25) is 14.4 Å². The average Bonchev–Trinajstić information content (AvgIpc) is 3.90. The summed E-state index contributed by atoms with van der Waals surface area (Å²) in [6, 6.07) is 12.3. The number of ketones is 1. The molecule has 0 aliphatic heterocycles. The summed E-state index contributed by atoms with van der Waals surface area (Å²) < 4.78 is 87.6. The quantitative estimate of drug-likeness (QED) is 0.0714. The first kappa shape index (κ1) is 58.3. The number of primary amides is 1. The van der Waals surface area contributed by atoms with E-state index in [1.807, 2.05) is 13.8 Å². The molecule has 1 amide bonds. The molecule has 4 aromatic rings. The maximum Gasteiger partial charge on any atom is 0.471 e. The molecule has 2 heterocycles. The molecular weight excluding hydrogens is 800 g/mol. The maximum absolute atomic E-state index is 12.5. The van der Waals surface area contributed by atoms with Crippen LogP contribution in [0.1, 0.15) is 79.8 Å². The second-order valence-corrected chi connectivity index (χ2v) is 9.64. The fraction of sp³-hybridized carbons (Fsp3) is 0.441. The number of aromatic nitrogens is 4. The Morgan fingerprint density at radius 3 is 1.38 bits per heavy atom. The van der Waals surface area contributed by atoms with Crippen LogP contribution in [0.15, 0.2) is 57.6 Å². The van der Waals surface area contributed by atoms with Gasteiger partial charge in [-0.05, 0) is 18.4 Å². The monoisotopic (exact) mass is 847 g/mol. The Hall–Kier alpha value is -4.38. The van der Waals surface area contributed by atoms with Gasteiger partial charge in [0.15, 0.2) is 0 Å². The average molecular weight is 848 g/mol. The molecular formula is C34H47F6N5O10Ti. The smallest absolute Gasteiger partial charge is 0.400 e. The van der Waals surface area contributed by atoms with E-state index < -0.39 is 30.2 Å². The third-order valence-corrected chi connectivity index (χ3v) is 5.91. The minimum absolute atomic E-state index is 0. The molecule has 2 aromatic heterocycles. The van der Waals surface area contributed by atoms with Crippen molar-refractivity contribution in [1.29, 1.82) is 0 Å². The molecule has 0 aliphatic rings. The molecule has 0 fully saturated rings. The molecule has 2 aromatic carbocycles. The predicted molar refractivity (Wildman–Crippen MR) is 186 cm³/mol. The second-order valence-electron chi connectivity index (χ2n) is 9.64. The third kappa shape index (κ3) is 22.9. The van der Waals surface area contributed by atoms with Crippen molar-refractivity contribution in [1.82, 2.24) is 20.3 Å². The minimum atomic E-state index is -4.67. The van der Waals surface area contributed by atoms with Gasteiger partial charge in [0, 0.05) is 93.2 Å². The standard InChI is InChI=1S/C16H17F3N2O3.C10H5F3N2O2.C4H9NO.4CH4O.Ti/c1-3-4-12(22)9-13(23-2)10-5-7-11(8-6-10)14-20-15(24-21-14)16(17,18)19;11-10(12,13)9-14-8(15-17-9)7-3-1-6(5-16)2-4-7;1-2-3-4(5)6;4*1-2;/h5-8,13H,3-4,9H2,1-2H3;1-5H;2-3H2,1H3,(H2,5,6);4*2H,1H3;. The van der Waals surface area contributed by atoms with Crippen molar-refractivity contribution in [3.05, 3.63) is 71.4 Å². The first-order chi connectivity index (χ1) is 26.1. The van der Waals surface area contributed by atoms with Crippen LogP contribution in [0.5, 0.6) is 0 Å². The van der Waals surface area contributed by atoms with Gasteiger partial charge in [-0.15, -0.1) is 0 Å². The van der Waals surface area contributed by atoms with E-state index in [-0.39, 0.29) is 51.5 Å². The van der Waals surface area contributed by atoms with Gasteiger partial charge in [-0.2, -0.15) is 36.3 Å². The summed E-state index contributed by atoms with van der Waals surface area (Å²) in [5.74, 6) is -3.22. The number of nitrogens with zero attached hydrogens (tertiary/aromatic N) is 4. The molecule has 22 heteroatoms. The SMILES string of the molecule is CCCC(=O)CC(OC)c1ccc(-c2noc(C(F)(F)F)n2)cc1.CCCC(N)=O.CO.CO.CO.CO.O=Cc1ccc(-c2noc(C(F)(F)F)n2)cc1.[Ti]. The van der Waals surface area contributed by atoms with Crippen molar-refractivity contribution in [2.24, 2.45) is 5.73 Å². The molecule has 4 rings (SSSR count). The molecule has 0 spiro atoms. The number of halogens is 6. The Morgan fingerprint density at radius 1 is 0.732 bits per heavy atom. The zero-order valence-corrected chi connectivity index (χ0v) is 33.2. The van der Waals surface area contributed by atoms with Crippen molar-refractivity contribution in [2.45, 2.75) is 64.4 Å². The zero-order valence-electron chi connectivity index (χ0n) is 31.7. The van der Waals surface area contributed by atoms with Crippen LogP contribution in [0.4, 0.5) is 26.3 Å². The number of carbonyl (C=O) groups is 3. The Morgan fingerprint density at radius 2 is 1.11 bits per heavy atom. The Labute approximate surface area is 334 Å². The van der Waals surface area contributed by atoms with E-state index in [2.05, 4.69) is 29.3 Å². The fourth-order valence-corrected chi connectivity index (χ4v) is 3.64. The van der Waals surface area contributed by atoms with Gasteiger partial charge >= 0.3 is 24.1 Å². The molecule has 0 saturated heterocycles. The Bertz CT molecular complexity index is 1590. The van der Waals surface area contributed by atoms with Crippen molar-refractivity contribution < 1.29 is 96.7 Å². The first-order valence-corrected chi connectivity index (χ1v) is 15.7. The summed E-state index contributed by atoms with van der Waals surface area (Å²) in [5.41, 5.74) is 6.65. The van der Waals surface area contributed by atoms with E-state index in [4.69, 9.17) is 30.9 Å². The van der Waals surface area contributed by atoms with Gasteiger partial charge in [0.05, 0.1) is 6.10 Å². The summed E-state index contributed by atoms with van der Waals surface area (Å²) in [4.78, 5) is 38.5. The maximum atomic E-state index is 12.5. The number of aliphatic hydroxyl groups is 4. The number of nitrogens with two attached hydrogens (primary N) is 1. The number of methoxy groups -OCH3 is 1. The van der Waals surface area contributed by atoms with Crippen LogP contribution < -0.4 is 5.73 Å². The van der Waals surface area contributed by atoms with E-state index >= 15 is 0 Å². The topological polar surface area (TPSA) is 245 Å². The minimum Gasteiger partial charge on any atom is -0.400 e. The number of benzene rings is 2. The number of aldehydes is 1. The number of aliphatic hydroxyl groups excluding tert-OH is 4. The van der Waals surface area contributed by atoms with Crippen LogP contribution in [0.2, 0.25) is 0 Å². The van der Waals surface area contributed by atoms with Crippen LogP contribution in [0.3, 0.4) is 0 Å². The molecule has 0 bridgehead atoms. The number of carbonyl (C=O) groups excluding carboxylic acids is 3.